The van der Waals surface area contributed by atoms with Crippen LogP contribution in [0, 0.1) is 17.0 Å². The lowest BCUT2D eigenvalue weighted by Crippen LogP contribution is -2.30. The van der Waals surface area contributed by atoms with Gasteiger partial charge in [-0.15, -0.1) is 0 Å². The van der Waals surface area contributed by atoms with Crippen molar-refractivity contribution >= 4 is 39.6 Å². The van der Waals surface area contributed by atoms with Crippen LogP contribution in [0.1, 0.15) is 22.3 Å². The first kappa shape index (κ1) is 23.2. The van der Waals surface area contributed by atoms with E-state index in [1.54, 1.807) is 36.4 Å². The molecule has 0 bridgehead atoms. The third kappa shape index (κ3) is 5.32. The number of ether oxygens (including phenoxy) is 1. The monoisotopic (exact) mass is 521 g/mol. The second-order valence-corrected chi connectivity index (χ2v) is 8.62. The second kappa shape index (κ2) is 9.88. The number of imide groups is 1. The van der Waals surface area contributed by atoms with E-state index in [9.17, 15) is 19.7 Å². The van der Waals surface area contributed by atoms with Crippen LogP contribution in [0.15, 0.2) is 76.9 Å². The number of rotatable bonds is 7. The molecule has 1 N–H and O–H groups in total. The van der Waals surface area contributed by atoms with Gasteiger partial charge in [0.15, 0.2) is 0 Å². The molecule has 3 aromatic rings. The van der Waals surface area contributed by atoms with Crippen LogP contribution in [0.2, 0.25) is 0 Å². The summed E-state index contributed by atoms with van der Waals surface area (Å²) in [6.07, 6.45) is 1.61. The van der Waals surface area contributed by atoms with Crippen LogP contribution in [0.5, 0.6) is 5.75 Å². The van der Waals surface area contributed by atoms with E-state index in [0.29, 0.717) is 15.8 Å². The van der Waals surface area contributed by atoms with Crippen molar-refractivity contribution in [1.82, 2.24) is 10.2 Å². The maximum absolute atomic E-state index is 12.8. The summed E-state index contributed by atoms with van der Waals surface area (Å²) < 4.78 is 6.46. The van der Waals surface area contributed by atoms with Crippen LogP contribution >= 0.6 is 15.9 Å². The van der Waals surface area contributed by atoms with Gasteiger partial charge in [0.2, 0.25) is 0 Å². The van der Waals surface area contributed by atoms with Gasteiger partial charge in [-0.3, -0.25) is 19.8 Å². The number of nitrogens with zero attached hydrogens (tertiary/aromatic N) is 2. The van der Waals surface area contributed by atoms with Crippen molar-refractivity contribution in [2.75, 3.05) is 0 Å². The quantitative estimate of drug-likeness (QED) is 0.196. The minimum Gasteiger partial charge on any atom is -0.488 e. The zero-order chi connectivity index (χ0) is 24.2. The van der Waals surface area contributed by atoms with Gasteiger partial charge < -0.3 is 10.1 Å². The molecule has 1 fully saturated rings. The first-order valence-electron chi connectivity index (χ1n) is 10.4. The largest absolute Gasteiger partial charge is 0.488 e. The SMILES string of the molecule is Cc1ccc(CN2C(=O)N/C(=C/c3ccc(OCc4ccc([N+](=O)[O-])cc4)c(Br)c3)C2=O)cc1. The van der Waals surface area contributed by atoms with Gasteiger partial charge in [-0.25, -0.2) is 4.79 Å². The van der Waals surface area contributed by atoms with Gasteiger partial charge in [0.1, 0.15) is 18.1 Å². The molecule has 0 aliphatic carbocycles. The average molecular weight is 522 g/mol. The summed E-state index contributed by atoms with van der Waals surface area (Å²) in [5.74, 6) is 0.184. The van der Waals surface area contributed by atoms with Crippen molar-refractivity contribution in [1.29, 1.82) is 0 Å². The Kier molecular flexibility index (Phi) is 6.74. The van der Waals surface area contributed by atoms with Crippen LogP contribution < -0.4 is 10.1 Å². The molecule has 9 heteroatoms. The Morgan fingerprint density at radius 1 is 1.03 bits per heavy atom. The van der Waals surface area contributed by atoms with E-state index in [1.807, 2.05) is 31.2 Å². The van der Waals surface area contributed by atoms with Crippen LogP contribution in [0.4, 0.5) is 10.5 Å². The molecular weight excluding hydrogens is 502 g/mol. The molecule has 3 amide bonds. The van der Waals surface area contributed by atoms with E-state index in [0.717, 1.165) is 16.7 Å². The van der Waals surface area contributed by atoms with Crippen LogP contribution in [-0.4, -0.2) is 21.8 Å². The maximum atomic E-state index is 12.8. The lowest BCUT2D eigenvalue weighted by Gasteiger charge is -2.12. The number of carbonyl (C=O) groups is 2. The van der Waals surface area contributed by atoms with Crippen molar-refractivity contribution in [3.05, 3.63) is 109 Å². The number of urea groups is 1. The number of halogens is 1. The predicted molar refractivity (Wildman–Crippen MR) is 130 cm³/mol. The molecule has 8 nitrogen and oxygen atoms in total. The molecule has 1 aliphatic heterocycles. The number of non-ortho nitro benzene ring substituents is 1. The molecule has 0 radical (unpaired) electrons. The summed E-state index contributed by atoms with van der Waals surface area (Å²) in [5, 5.41) is 13.4. The Morgan fingerprint density at radius 2 is 1.71 bits per heavy atom. The number of amides is 3. The fourth-order valence-electron chi connectivity index (χ4n) is 3.36. The first-order valence-corrected chi connectivity index (χ1v) is 11.2. The maximum Gasteiger partial charge on any atom is 0.329 e. The van der Waals surface area contributed by atoms with Crippen molar-refractivity contribution in [2.24, 2.45) is 0 Å². The molecule has 0 spiro atoms. The fraction of sp³-hybridized carbons (Fsp3) is 0.120. The lowest BCUT2D eigenvalue weighted by molar-refractivity contribution is -0.384. The van der Waals surface area contributed by atoms with Gasteiger partial charge in [-0.2, -0.15) is 0 Å². The standard InChI is InChI=1S/C25H20BrN3O5/c1-16-2-4-17(5-3-16)14-28-24(30)22(27-25(28)31)13-19-8-11-23(21(26)12-19)34-15-18-6-9-20(10-7-18)29(32)33/h2-13H,14-15H2,1H3,(H,27,31)/b22-13+. The fourth-order valence-corrected chi connectivity index (χ4v) is 3.87. The molecular formula is C25H20BrN3O5. The number of nitro benzene ring substituents is 1. The first-order chi connectivity index (χ1) is 16.3. The lowest BCUT2D eigenvalue weighted by atomic mass is 10.1. The highest BCUT2D eigenvalue weighted by Crippen LogP contribution is 2.28. The van der Waals surface area contributed by atoms with Gasteiger partial charge in [0, 0.05) is 12.1 Å². The third-order valence-electron chi connectivity index (χ3n) is 5.23. The molecule has 0 aromatic heterocycles. The van der Waals surface area contributed by atoms with Crippen molar-refractivity contribution in [3.63, 3.8) is 0 Å². The Labute approximate surface area is 204 Å². The van der Waals surface area contributed by atoms with E-state index >= 15 is 0 Å². The normalized spacial score (nSPS) is 14.4. The van der Waals surface area contributed by atoms with Crippen LogP contribution in [0.3, 0.4) is 0 Å². The van der Waals surface area contributed by atoms with Gasteiger partial charge in [0.05, 0.1) is 15.9 Å². The van der Waals surface area contributed by atoms with E-state index in [2.05, 4.69) is 21.2 Å². The summed E-state index contributed by atoms with van der Waals surface area (Å²) in [5.41, 5.74) is 3.68. The minimum atomic E-state index is -0.459. The smallest absolute Gasteiger partial charge is 0.329 e. The third-order valence-corrected chi connectivity index (χ3v) is 5.85. The van der Waals surface area contributed by atoms with E-state index in [4.69, 9.17) is 4.74 Å². The molecule has 0 unspecified atom stereocenters. The highest BCUT2D eigenvalue weighted by atomic mass is 79.9. The Hall–Kier alpha value is -3.98. The number of hydrogen-bond acceptors (Lipinski definition) is 5. The van der Waals surface area contributed by atoms with Gasteiger partial charge in [-0.05, 0) is 69.9 Å². The molecule has 1 aliphatic rings. The summed E-state index contributed by atoms with van der Waals surface area (Å²) >= 11 is 3.46. The molecule has 3 aromatic carbocycles. The minimum absolute atomic E-state index is 0.0216. The molecule has 172 valence electrons. The van der Waals surface area contributed by atoms with E-state index < -0.39 is 11.0 Å². The van der Waals surface area contributed by atoms with Crippen LogP contribution in [0.25, 0.3) is 6.08 Å². The summed E-state index contributed by atoms with van der Waals surface area (Å²) in [6, 6.07) is 18.6. The van der Waals surface area contributed by atoms with E-state index in [-0.39, 0.29) is 30.4 Å². The summed E-state index contributed by atoms with van der Waals surface area (Å²) in [7, 11) is 0. The number of carbonyl (C=O) groups excluding carboxylic acids is 2. The zero-order valence-electron chi connectivity index (χ0n) is 18.2. The van der Waals surface area contributed by atoms with E-state index in [1.165, 1.54) is 17.0 Å². The number of hydrogen-bond donors (Lipinski definition) is 1. The zero-order valence-corrected chi connectivity index (χ0v) is 19.7. The Balaban J connectivity index is 1.42. The van der Waals surface area contributed by atoms with Gasteiger partial charge in [0.25, 0.3) is 11.6 Å². The van der Waals surface area contributed by atoms with Crippen molar-refractivity contribution in [2.45, 2.75) is 20.1 Å². The highest BCUT2D eigenvalue weighted by molar-refractivity contribution is 9.10. The van der Waals surface area contributed by atoms with Crippen molar-refractivity contribution in [3.8, 4) is 5.75 Å². The highest BCUT2D eigenvalue weighted by Gasteiger charge is 2.33. The number of benzene rings is 3. The average Bonchev–Trinajstić information content (AvgIpc) is 3.07. The molecule has 0 saturated carbocycles. The summed E-state index contributed by atoms with van der Waals surface area (Å²) in [4.78, 5) is 36.6. The Bertz CT molecular complexity index is 1290. The predicted octanol–water partition coefficient (Wildman–Crippen LogP) is 5.34. The second-order valence-electron chi connectivity index (χ2n) is 7.77. The number of nitrogens with one attached hydrogen (secondary N) is 1. The molecule has 1 heterocycles. The van der Waals surface area contributed by atoms with Crippen LogP contribution in [-0.2, 0) is 17.9 Å². The topological polar surface area (TPSA) is 102 Å². The Morgan fingerprint density at radius 3 is 2.35 bits per heavy atom. The molecule has 4 rings (SSSR count). The summed E-state index contributed by atoms with van der Waals surface area (Å²) in [6.45, 7) is 2.41. The number of nitro groups is 1. The molecule has 0 atom stereocenters. The van der Waals surface area contributed by atoms with Crippen molar-refractivity contribution < 1.29 is 19.2 Å². The number of aryl methyl sites for hydroxylation is 1. The molecule has 34 heavy (non-hydrogen) atoms. The molecule has 1 saturated heterocycles. The van der Waals surface area contributed by atoms with Gasteiger partial charge in [-0.1, -0.05) is 35.9 Å². The van der Waals surface area contributed by atoms with Gasteiger partial charge >= 0.3 is 6.03 Å².